The number of carbonyl (C=O) groups excluding carboxylic acids is 2. The Morgan fingerprint density at radius 1 is 1.08 bits per heavy atom. The van der Waals surface area contributed by atoms with Crippen molar-refractivity contribution in [2.45, 2.75) is 18.9 Å². The third kappa shape index (κ3) is 5.42. The summed E-state index contributed by atoms with van der Waals surface area (Å²) in [6.07, 6.45) is 1.28. The van der Waals surface area contributed by atoms with Crippen molar-refractivity contribution in [3.05, 3.63) is 35.9 Å². The van der Waals surface area contributed by atoms with Crippen molar-refractivity contribution in [3.63, 3.8) is 0 Å². The molecule has 2 heterocycles. The zero-order valence-corrected chi connectivity index (χ0v) is 15.2. The largest absolute Gasteiger partial charge is 0.378 e. The molecular weight excluding hydrogens is 342 g/mol. The van der Waals surface area contributed by atoms with Gasteiger partial charge in [-0.1, -0.05) is 18.2 Å². The average Bonchev–Trinajstić information content (AvgIpc) is 2.89. The Morgan fingerprint density at radius 2 is 1.80 bits per heavy atom. The van der Waals surface area contributed by atoms with E-state index < -0.39 is 0 Å². The lowest BCUT2D eigenvalue weighted by molar-refractivity contribution is -0.132. The van der Waals surface area contributed by atoms with Crippen LogP contribution in [0, 0.1) is 0 Å². The van der Waals surface area contributed by atoms with Crippen molar-refractivity contribution >= 4 is 24.2 Å². The van der Waals surface area contributed by atoms with Crippen molar-refractivity contribution in [3.8, 4) is 0 Å². The molecule has 25 heavy (non-hydrogen) atoms. The minimum absolute atomic E-state index is 0. The van der Waals surface area contributed by atoms with E-state index in [1.54, 1.807) is 0 Å². The Labute approximate surface area is 154 Å². The van der Waals surface area contributed by atoms with Crippen molar-refractivity contribution in [1.29, 1.82) is 0 Å². The maximum atomic E-state index is 12.5. The highest BCUT2D eigenvalue weighted by Crippen LogP contribution is 2.11. The van der Waals surface area contributed by atoms with E-state index in [2.05, 4.69) is 5.32 Å². The fraction of sp³-hybridized carbons (Fsp3) is 0.556. The molecule has 2 aliphatic rings. The summed E-state index contributed by atoms with van der Waals surface area (Å²) in [7, 11) is 0. The molecule has 0 aliphatic carbocycles. The van der Waals surface area contributed by atoms with Crippen molar-refractivity contribution in [2.75, 3.05) is 45.9 Å². The van der Waals surface area contributed by atoms with Crippen molar-refractivity contribution in [1.82, 2.24) is 15.1 Å². The number of carbonyl (C=O) groups is 2. The Kier molecular flexibility index (Phi) is 7.68. The molecule has 0 radical (unpaired) electrons. The van der Waals surface area contributed by atoms with Gasteiger partial charge in [-0.3, -0.25) is 9.59 Å². The highest BCUT2D eigenvalue weighted by atomic mass is 35.5. The maximum Gasteiger partial charge on any atom is 0.253 e. The third-order valence-corrected chi connectivity index (χ3v) is 4.58. The van der Waals surface area contributed by atoms with Crippen LogP contribution in [0.2, 0.25) is 0 Å². The van der Waals surface area contributed by atoms with Crippen LogP contribution in [0.5, 0.6) is 0 Å². The average molecular weight is 368 g/mol. The van der Waals surface area contributed by atoms with Crippen LogP contribution in [0.1, 0.15) is 23.2 Å². The molecule has 2 aliphatic heterocycles. The lowest BCUT2D eigenvalue weighted by atomic mass is 10.1. The van der Waals surface area contributed by atoms with Gasteiger partial charge >= 0.3 is 0 Å². The lowest BCUT2D eigenvalue weighted by Gasteiger charge is -2.27. The molecule has 0 aromatic heterocycles. The number of ether oxygens (including phenoxy) is 1. The summed E-state index contributed by atoms with van der Waals surface area (Å²) < 4.78 is 5.41. The number of halogens is 1. The number of hydrogen-bond donors (Lipinski definition) is 1. The van der Waals surface area contributed by atoms with Crippen LogP contribution in [0.4, 0.5) is 0 Å². The Hall–Kier alpha value is -1.63. The van der Waals surface area contributed by atoms with E-state index in [9.17, 15) is 9.59 Å². The predicted molar refractivity (Wildman–Crippen MR) is 98.0 cm³/mol. The predicted octanol–water partition coefficient (Wildman–Crippen LogP) is 1.16. The first kappa shape index (κ1) is 19.7. The van der Waals surface area contributed by atoms with Gasteiger partial charge in [-0.25, -0.2) is 0 Å². The molecule has 1 aromatic carbocycles. The van der Waals surface area contributed by atoms with Crippen LogP contribution >= 0.6 is 12.4 Å². The second kappa shape index (κ2) is 9.75. The Morgan fingerprint density at radius 3 is 2.52 bits per heavy atom. The van der Waals surface area contributed by atoms with Gasteiger partial charge in [-0.05, 0) is 18.6 Å². The van der Waals surface area contributed by atoms with Crippen LogP contribution in [0.25, 0.3) is 0 Å². The standard InChI is InChI=1S/C18H25N3O3.ClH/c22-17(13-16-14-24-12-7-19-16)20-8-4-9-21(11-10-20)18(23)15-5-2-1-3-6-15;/h1-3,5-6,16,19H,4,7-14H2;1H. The quantitative estimate of drug-likeness (QED) is 0.871. The van der Waals surface area contributed by atoms with Gasteiger partial charge in [0.15, 0.2) is 0 Å². The van der Waals surface area contributed by atoms with E-state index in [0.717, 1.165) is 13.0 Å². The fourth-order valence-electron chi connectivity index (χ4n) is 3.22. The fourth-order valence-corrected chi connectivity index (χ4v) is 3.22. The first-order valence-corrected chi connectivity index (χ1v) is 8.67. The molecule has 6 nitrogen and oxygen atoms in total. The monoisotopic (exact) mass is 367 g/mol. The van der Waals surface area contributed by atoms with Crippen LogP contribution in [0.15, 0.2) is 30.3 Å². The minimum atomic E-state index is 0. The molecule has 0 saturated carbocycles. The summed E-state index contributed by atoms with van der Waals surface area (Å²) in [5.41, 5.74) is 0.709. The number of morpholine rings is 1. The number of nitrogens with one attached hydrogen (secondary N) is 1. The van der Waals surface area contributed by atoms with Crippen LogP contribution in [0.3, 0.4) is 0 Å². The molecule has 1 N–H and O–H groups in total. The smallest absolute Gasteiger partial charge is 0.253 e. The Bertz CT molecular complexity index is 564. The van der Waals surface area contributed by atoms with Crippen LogP contribution in [-0.4, -0.2) is 73.6 Å². The van der Waals surface area contributed by atoms with Crippen molar-refractivity contribution in [2.24, 2.45) is 0 Å². The zero-order valence-electron chi connectivity index (χ0n) is 14.4. The van der Waals surface area contributed by atoms with E-state index >= 15 is 0 Å². The second-order valence-corrected chi connectivity index (χ2v) is 6.32. The molecule has 2 amide bonds. The van der Waals surface area contributed by atoms with Crippen LogP contribution in [-0.2, 0) is 9.53 Å². The lowest BCUT2D eigenvalue weighted by Crippen LogP contribution is -2.45. The number of hydrogen-bond acceptors (Lipinski definition) is 4. The highest BCUT2D eigenvalue weighted by Gasteiger charge is 2.25. The van der Waals surface area contributed by atoms with Gasteiger partial charge in [0, 0.05) is 50.7 Å². The SMILES string of the molecule is Cl.O=C(CC1COCCN1)N1CCCN(C(=O)c2ccccc2)CC1. The number of amides is 2. The van der Waals surface area contributed by atoms with Crippen molar-refractivity contribution < 1.29 is 14.3 Å². The summed E-state index contributed by atoms with van der Waals surface area (Å²) in [6, 6.07) is 9.44. The second-order valence-electron chi connectivity index (χ2n) is 6.32. The van der Waals surface area contributed by atoms with Gasteiger partial charge in [0.2, 0.25) is 5.91 Å². The van der Waals surface area contributed by atoms with E-state index in [-0.39, 0.29) is 30.3 Å². The minimum Gasteiger partial charge on any atom is -0.378 e. The number of rotatable bonds is 3. The molecule has 2 fully saturated rings. The van der Waals surface area contributed by atoms with Gasteiger partial charge in [0.05, 0.1) is 13.2 Å². The van der Waals surface area contributed by atoms with E-state index in [1.165, 1.54) is 0 Å². The normalized spacial score (nSPS) is 21.2. The molecule has 1 unspecified atom stereocenters. The Balaban J connectivity index is 0.00000225. The molecule has 7 heteroatoms. The summed E-state index contributed by atoms with van der Waals surface area (Å²) in [5.74, 6) is 0.194. The topological polar surface area (TPSA) is 61.9 Å². The zero-order chi connectivity index (χ0) is 16.8. The number of nitrogens with zero attached hydrogens (tertiary/aromatic N) is 2. The molecule has 2 saturated heterocycles. The summed E-state index contributed by atoms with van der Waals surface area (Å²) >= 11 is 0. The maximum absolute atomic E-state index is 12.5. The van der Waals surface area contributed by atoms with Gasteiger partial charge in [0.1, 0.15) is 0 Å². The van der Waals surface area contributed by atoms with Gasteiger partial charge in [0.25, 0.3) is 5.91 Å². The first-order valence-electron chi connectivity index (χ1n) is 8.67. The summed E-state index contributed by atoms with van der Waals surface area (Å²) in [4.78, 5) is 28.8. The van der Waals surface area contributed by atoms with Gasteiger partial charge in [-0.2, -0.15) is 0 Å². The third-order valence-electron chi connectivity index (χ3n) is 4.58. The number of benzene rings is 1. The summed E-state index contributed by atoms with van der Waals surface area (Å²) in [5, 5.41) is 3.32. The molecule has 138 valence electrons. The van der Waals surface area contributed by atoms with E-state index in [1.807, 2.05) is 40.1 Å². The molecule has 1 atom stereocenters. The molecule has 0 bridgehead atoms. The van der Waals surface area contributed by atoms with Crippen LogP contribution < -0.4 is 5.32 Å². The highest BCUT2D eigenvalue weighted by molar-refractivity contribution is 5.94. The molecule has 1 aromatic rings. The summed E-state index contributed by atoms with van der Waals surface area (Å²) in [6.45, 7) is 4.72. The van der Waals surface area contributed by atoms with E-state index in [4.69, 9.17) is 4.74 Å². The van der Waals surface area contributed by atoms with Gasteiger partial charge in [-0.15, -0.1) is 12.4 Å². The molecular formula is C18H26ClN3O3. The molecule has 3 rings (SSSR count). The first-order chi connectivity index (χ1) is 11.7. The van der Waals surface area contributed by atoms with E-state index in [0.29, 0.717) is 51.4 Å². The van der Waals surface area contributed by atoms with Gasteiger partial charge < -0.3 is 19.9 Å². The molecule has 0 spiro atoms.